The Labute approximate surface area is 186 Å². The highest BCUT2D eigenvalue weighted by Crippen LogP contribution is 2.26. The first kappa shape index (κ1) is 23.7. The molecule has 0 aromatic heterocycles. The van der Waals surface area contributed by atoms with Crippen molar-refractivity contribution in [3.63, 3.8) is 0 Å². The summed E-state index contributed by atoms with van der Waals surface area (Å²) in [5.74, 6) is -1.69. The van der Waals surface area contributed by atoms with E-state index in [9.17, 15) is 22.4 Å². The predicted octanol–water partition coefficient (Wildman–Crippen LogP) is 2.34. The van der Waals surface area contributed by atoms with Gasteiger partial charge in [0.1, 0.15) is 0 Å². The number of nitrogens with zero attached hydrogens (tertiary/aromatic N) is 1. The van der Waals surface area contributed by atoms with Crippen LogP contribution in [-0.2, 0) is 26.1 Å². The molecule has 1 fully saturated rings. The van der Waals surface area contributed by atoms with Crippen LogP contribution < -0.4 is 10.1 Å². The van der Waals surface area contributed by atoms with Gasteiger partial charge in [-0.1, -0.05) is 18.2 Å². The zero-order valence-electron chi connectivity index (χ0n) is 17.8. The Hall–Kier alpha value is -2.98. The van der Waals surface area contributed by atoms with E-state index >= 15 is 0 Å². The molecule has 2 aromatic carbocycles. The number of sulfonamides is 1. The Balaban J connectivity index is 1.60. The van der Waals surface area contributed by atoms with E-state index in [-0.39, 0.29) is 47.7 Å². The number of hydrogen-bond donors (Lipinski definition) is 1. The molecule has 0 radical (unpaired) electrons. The molecule has 3 rings (SSSR count). The molecular formula is C22H25FN2O6S. The fraction of sp³-hybridized carbons (Fsp3) is 0.364. The van der Waals surface area contributed by atoms with Crippen LogP contribution in [0, 0.1) is 11.7 Å². The summed E-state index contributed by atoms with van der Waals surface area (Å²) < 4.78 is 50.8. The van der Waals surface area contributed by atoms with Crippen LogP contribution in [0.2, 0.25) is 0 Å². The first-order valence-electron chi connectivity index (χ1n) is 10.1. The Morgan fingerprint density at radius 2 is 1.81 bits per heavy atom. The van der Waals surface area contributed by atoms with Crippen molar-refractivity contribution in [2.24, 2.45) is 5.92 Å². The van der Waals surface area contributed by atoms with Crippen molar-refractivity contribution < 1.29 is 31.9 Å². The molecule has 0 aliphatic carbocycles. The third kappa shape index (κ3) is 5.08. The molecule has 0 bridgehead atoms. The van der Waals surface area contributed by atoms with Gasteiger partial charge in [-0.2, -0.15) is 4.31 Å². The highest BCUT2D eigenvalue weighted by Gasteiger charge is 2.34. The molecule has 172 valence electrons. The average Bonchev–Trinajstić information content (AvgIpc) is 2.82. The molecule has 1 heterocycles. The number of methoxy groups -OCH3 is 2. The largest absolute Gasteiger partial charge is 0.494 e. The summed E-state index contributed by atoms with van der Waals surface area (Å²) in [7, 11) is -1.35. The van der Waals surface area contributed by atoms with Gasteiger partial charge in [0.25, 0.3) is 0 Å². The Kier molecular flexibility index (Phi) is 7.47. The number of nitrogens with one attached hydrogen (secondary N) is 1. The van der Waals surface area contributed by atoms with Crippen molar-refractivity contribution in [2.45, 2.75) is 24.3 Å². The molecule has 1 aliphatic heterocycles. The maximum absolute atomic E-state index is 13.8. The highest BCUT2D eigenvalue weighted by atomic mass is 32.2. The number of esters is 1. The number of ether oxygens (including phenoxy) is 2. The minimum absolute atomic E-state index is 0.0263. The van der Waals surface area contributed by atoms with Crippen molar-refractivity contribution in [3.05, 3.63) is 59.4 Å². The van der Waals surface area contributed by atoms with Crippen LogP contribution in [0.1, 0.15) is 28.8 Å². The number of carbonyl (C=O) groups is 2. The second-order valence-corrected chi connectivity index (χ2v) is 9.26. The first-order valence-corrected chi connectivity index (χ1v) is 11.5. The highest BCUT2D eigenvalue weighted by molar-refractivity contribution is 7.89. The second kappa shape index (κ2) is 10.1. The predicted molar refractivity (Wildman–Crippen MR) is 114 cm³/mol. The molecule has 32 heavy (non-hydrogen) atoms. The van der Waals surface area contributed by atoms with E-state index < -0.39 is 21.8 Å². The fourth-order valence-electron chi connectivity index (χ4n) is 3.62. The molecule has 1 saturated heterocycles. The SMILES string of the molecule is COC(=O)c1ccccc1S(=O)(=O)N1CCC(C(=O)NCc2ccc(OC)c(F)c2)CC1. The van der Waals surface area contributed by atoms with Gasteiger partial charge in [-0.15, -0.1) is 0 Å². The van der Waals surface area contributed by atoms with Gasteiger partial charge in [-0.3, -0.25) is 4.79 Å². The molecular weight excluding hydrogens is 439 g/mol. The quantitative estimate of drug-likeness (QED) is 0.631. The summed E-state index contributed by atoms with van der Waals surface area (Å²) in [4.78, 5) is 24.4. The smallest absolute Gasteiger partial charge is 0.339 e. The summed E-state index contributed by atoms with van der Waals surface area (Å²) in [5, 5.41) is 2.77. The van der Waals surface area contributed by atoms with Crippen LogP contribution >= 0.6 is 0 Å². The zero-order valence-corrected chi connectivity index (χ0v) is 18.7. The number of benzene rings is 2. The van der Waals surface area contributed by atoms with E-state index in [0.717, 1.165) is 0 Å². The topological polar surface area (TPSA) is 102 Å². The van der Waals surface area contributed by atoms with E-state index in [4.69, 9.17) is 4.74 Å². The number of hydrogen-bond acceptors (Lipinski definition) is 6. The Morgan fingerprint density at radius 1 is 1.12 bits per heavy atom. The lowest BCUT2D eigenvalue weighted by Crippen LogP contribution is -2.43. The third-order valence-electron chi connectivity index (χ3n) is 5.42. The molecule has 10 heteroatoms. The number of carbonyl (C=O) groups excluding carboxylic acids is 2. The molecule has 0 unspecified atom stereocenters. The van der Waals surface area contributed by atoms with Gasteiger partial charge in [-0.05, 0) is 42.7 Å². The Bertz CT molecular complexity index is 1100. The van der Waals surface area contributed by atoms with E-state index in [2.05, 4.69) is 10.1 Å². The van der Waals surface area contributed by atoms with Crippen molar-refractivity contribution in [1.29, 1.82) is 0 Å². The summed E-state index contributed by atoms with van der Waals surface area (Å²) in [6.07, 6.45) is 0.671. The lowest BCUT2D eigenvalue weighted by molar-refractivity contribution is -0.126. The number of amides is 1. The maximum atomic E-state index is 13.8. The zero-order chi connectivity index (χ0) is 23.3. The first-order chi connectivity index (χ1) is 15.3. The molecule has 1 aliphatic rings. The summed E-state index contributed by atoms with van der Waals surface area (Å²) in [5.41, 5.74) is 0.567. The summed E-state index contributed by atoms with van der Waals surface area (Å²) in [6.45, 7) is 0.449. The molecule has 1 amide bonds. The van der Waals surface area contributed by atoms with Crippen LogP contribution in [0.3, 0.4) is 0 Å². The number of piperidine rings is 1. The Morgan fingerprint density at radius 3 is 2.44 bits per heavy atom. The lowest BCUT2D eigenvalue weighted by Gasteiger charge is -2.31. The van der Waals surface area contributed by atoms with E-state index in [1.54, 1.807) is 18.2 Å². The fourth-order valence-corrected chi connectivity index (χ4v) is 5.27. The van der Waals surface area contributed by atoms with E-state index in [0.29, 0.717) is 18.4 Å². The van der Waals surface area contributed by atoms with Gasteiger partial charge in [0.15, 0.2) is 11.6 Å². The van der Waals surface area contributed by atoms with Crippen molar-refractivity contribution in [2.75, 3.05) is 27.3 Å². The number of halogens is 1. The second-order valence-electron chi connectivity index (χ2n) is 7.35. The van der Waals surface area contributed by atoms with Crippen molar-refractivity contribution >= 4 is 21.9 Å². The van der Waals surface area contributed by atoms with Crippen LogP contribution in [0.5, 0.6) is 5.75 Å². The maximum Gasteiger partial charge on any atom is 0.339 e. The van der Waals surface area contributed by atoms with Crippen LogP contribution in [0.15, 0.2) is 47.4 Å². The average molecular weight is 465 g/mol. The normalized spacial score (nSPS) is 15.2. The van der Waals surface area contributed by atoms with Crippen molar-refractivity contribution in [3.8, 4) is 5.75 Å². The van der Waals surface area contributed by atoms with Crippen molar-refractivity contribution in [1.82, 2.24) is 9.62 Å². The third-order valence-corrected chi connectivity index (χ3v) is 7.37. The standard InChI is InChI=1S/C22H25FN2O6S/c1-30-19-8-7-15(13-18(19)23)14-24-21(26)16-9-11-25(12-10-16)32(28,29)20-6-4-3-5-17(20)22(27)31-2/h3-8,13,16H,9-12,14H2,1-2H3,(H,24,26). The van der Waals surface area contributed by atoms with Gasteiger partial charge in [0, 0.05) is 25.6 Å². The molecule has 0 atom stereocenters. The molecule has 8 nitrogen and oxygen atoms in total. The van der Waals surface area contributed by atoms with Crippen LogP contribution in [0.4, 0.5) is 4.39 Å². The van der Waals surface area contributed by atoms with Gasteiger partial charge in [0.2, 0.25) is 15.9 Å². The molecule has 2 aromatic rings. The minimum Gasteiger partial charge on any atom is -0.494 e. The monoisotopic (exact) mass is 464 g/mol. The molecule has 0 saturated carbocycles. The van der Waals surface area contributed by atoms with Crippen LogP contribution in [0.25, 0.3) is 0 Å². The van der Waals surface area contributed by atoms with Gasteiger partial charge in [0.05, 0.1) is 24.7 Å². The molecule has 1 N–H and O–H groups in total. The van der Waals surface area contributed by atoms with Gasteiger partial charge >= 0.3 is 5.97 Å². The summed E-state index contributed by atoms with van der Waals surface area (Å²) >= 11 is 0. The molecule has 0 spiro atoms. The van der Waals surface area contributed by atoms with Gasteiger partial charge in [-0.25, -0.2) is 17.6 Å². The van der Waals surface area contributed by atoms with E-state index in [1.165, 1.54) is 42.8 Å². The lowest BCUT2D eigenvalue weighted by atomic mass is 9.97. The van der Waals surface area contributed by atoms with Gasteiger partial charge < -0.3 is 14.8 Å². The summed E-state index contributed by atoms with van der Waals surface area (Å²) in [6, 6.07) is 10.3. The minimum atomic E-state index is -3.92. The van der Waals surface area contributed by atoms with E-state index in [1.807, 2.05) is 0 Å². The number of rotatable bonds is 7. The van der Waals surface area contributed by atoms with Crippen LogP contribution in [-0.4, -0.2) is 51.9 Å².